The van der Waals surface area contributed by atoms with Crippen LogP contribution in [0.3, 0.4) is 0 Å². The van der Waals surface area contributed by atoms with Gasteiger partial charge in [-0.3, -0.25) is 0 Å². The molecular formula is C20H26N2O2. The lowest BCUT2D eigenvalue weighted by Crippen LogP contribution is -2.32. The van der Waals surface area contributed by atoms with Gasteiger partial charge in [-0.2, -0.15) is 0 Å². The van der Waals surface area contributed by atoms with Gasteiger partial charge in [0.2, 0.25) is 0 Å². The molecule has 128 valence electrons. The second-order valence-electron chi connectivity index (χ2n) is 6.27. The van der Waals surface area contributed by atoms with Crippen LogP contribution in [0.5, 0.6) is 5.75 Å². The Morgan fingerprint density at radius 3 is 2.62 bits per heavy atom. The first-order valence-corrected chi connectivity index (χ1v) is 8.30. The van der Waals surface area contributed by atoms with E-state index in [0.29, 0.717) is 19.1 Å². The lowest BCUT2D eigenvalue weighted by Gasteiger charge is -2.12. The molecule has 0 aliphatic carbocycles. The van der Waals surface area contributed by atoms with Crippen LogP contribution in [0.15, 0.2) is 42.5 Å². The summed E-state index contributed by atoms with van der Waals surface area (Å²) >= 11 is 0. The smallest absolute Gasteiger partial charge is 0.319 e. The number of carbonyl (C=O) groups is 1. The van der Waals surface area contributed by atoms with Crippen molar-refractivity contribution in [3.8, 4) is 5.75 Å². The Bertz CT molecular complexity index is 696. The van der Waals surface area contributed by atoms with E-state index in [0.717, 1.165) is 17.0 Å². The van der Waals surface area contributed by atoms with Gasteiger partial charge in [0, 0.05) is 5.69 Å². The Hall–Kier alpha value is -2.49. The summed E-state index contributed by atoms with van der Waals surface area (Å²) in [6.07, 6.45) is 0. The van der Waals surface area contributed by atoms with E-state index in [-0.39, 0.29) is 6.03 Å². The summed E-state index contributed by atoms with van der Waals surface area (Å²) in [7, 11) is 0. The van der Waals surface area contributed by atoms with Crippen molar-refractivity contribution >= 4 is 11.7 Å². The maximum absolute atomic E-state index is 11.9. The SMILES string of the molecule is Cc1ccc(NC(=O)NCCOc2cccc(C(C)C)c2)c(C)c1. The highest BCUT2D eigenvalue weighted by Crippen LogP contribution is 2.20. The Balaban J connectivity index is 1.76. The van der Waals surface area contributed by atoms with Gasteiger partial charge in [0.1, 0.15) is 12.4 Å². The first-order valence-electron chi connectivity index (χ1n) is 8.30. The summed E-state index contributed by atoms with van der Waals surface area (Å²) in [6, 6.07) is 13.8. The van der Waals surface area contributed by atoms with Gasteiger partial charge in [-0.25, -0.2) is 4.79 Å². The molecule has 0 fully saturated rings. The number of nitrogens with one attached hydrogen (secondary N) is 2. The van der Waals surface area contributed by atoms with Gasteiger partial charge < -0.3 is 15.4 Å². The molecule has 2 rings (SSSR count). The van der Waals surface area contributed by atoms with Crippen LogP contribution in [0, 0.1) is 13.8 Å². The number of anilines is 1. The molecule has 0 bridgehead atoms. The van der Waals surface area contributed by atoms with Crippen molar-refractivity contribution in [2.75, 3.05) is 18.5 Å². The fraction of sp³-hybridized carbons (Fsp3) is 0.350. The van der Waals surface area contributed by atoms with E-state index in [2.05, 4.69) is 30.5 Å². The molecule has 0 aliphatic rings. The lowest BCUT2D eigenvalue weighted by atomic mass is 10.0. The van der Waals surface area contributed by atoms with Crippen LogP contribution in [0.1, 0.15) is 36.5 Å². The minimum absolute atomic E-state index is 0.221. The molecule has 2 N–H and O–H groups in total. The maximum Gasteiger partial charge on any atom is 0.319 e. The summed E-state index contributed by atoms with van der Waals surface area (Å²) in [5.41, 5.74) is 4.29. The number of carbonyl (C=O) groups excluding carboxylic acids is 1. The number of rotatable bonds is 6. The van der Waals surface area contributed by atoms with Crippen molar-refractivity contribution in [3.63, 3.8) is 0 Å². The fourth-order valence-corrected chi connectivity index (χ4v) is 2.42. The molecule has 24 heavy (non-hydrogen) atoms. The van der Waals surface area contributed by atoms with Gasteiger partial charge in [0.15, 0.2) is 0 Å². The number of ether oxygens (including phenoxy) is 1. The maximum atomic E-state index is 11.9. The van der Waals surface area contributed by atoms with Crippen molar-refractivity contribution < 1.29 is 9.53 Å². The van der Waals surface area contributed by atoms with E-state index in [9.17, 15) is 4.79 Å². The molecule has 0 aromatic heterocycles. The second-order valence-corrected chi connectivity index (χ2v) is 6.27. The summed E-state index contributed by atoms with van der Waals surface area (Å²) in [5.74, 6) is 1.30. The average Bonchev–Trinajstić information content (AvgIpc) is 2.54. The Kier molecular flexibility index (Phi) is 6.24. The highest BCUT2D eigenvalue weighted by atomic mass is 16.5. The van der Waals surface area contributed by atoms with Crippen molar-refractivity contribution in [2.24, 2.45) is 0 Å². The van der Waals surface area contributed by atoms with Gasteiger partial charge in [-0.1, -0.05) is 43.7 Å². The Morgan fingerprint density at radius 2 is 1.92 bits per heavy atom. The van der Waals surface area contributed by atoms with Crippen LogP contribution in [0.4, 0.5) is 10.5 Å². The first-order chi connectivity index (χ1) is 11.5. The molecule has 0 radical (unpaired) electrons. The summed E-state index contributed by atoms with van der Waals surface area (Å²) < 4.78 is 5.69. The Labute approximate surface area is 144 Å². The van der Waals surface area contributed by atoms with Crippen molar-refractivity contribution in [1.29, 1.82) is 0 Å². The van der Waals surface area contributed by atoms with Gasteiger partial charge >= 0.3 is 6.03 Å². The molecule has 4 heteroatoms. The number of hydrogen-bond donors (Lipinski definition) is 2. The van der Waals surface area contributed by atoms with E-state index in [1.807, 2.05) is 50.2 Å². The zero-order valence-electron chi connectivity index (χ0n) is 14.8. The molecule has 2 aromatic rings. The predicted molar refractivity (Wildman–Crippen MR) is 99.0 cm³/mol. The summed E-state index contributed by atoms with van der Waals surface area (Å²) in [5, 5.41) is 5.66. The minimum Gasteiger partial charge on any atom is -0.492 e. The second kappa shape index (κ2) is 8.39. The topological polar surface area (TPSA) is 50.4 Å². The molecule has 0 aliphatic heterocycles. The number of urea groups is 1. The monoisotopic (exact) mass is 326 g/mol. The first kappa shape index (κ1) is 17.9. The zero-order chi connectivity index (χ0) is 17.5. The van der Waals surface area contributed by atoms with E-state index in [1.165, 1.54) is 11.1 Å². The quantitative estimate of drug-likeness (QED) is 0.761. The van der Waals surface area contributed by atoms with Crippen molar-refractivity contribution in [2.45, 2.75) is 33.6 Å². The van der Waals surface area contributed by atoms with E-state index < -0.39 is 0 Å². The third-order valence-electron chi connectivity index (χ3n) is 3.81. The standard InChI is InChI=1S/C20H26N2O2/c1-14(2)17-6-5-7-18(13-17)24-11-10-21-20(23)22-19-9-8-15(3)12-16(19)4/h5-9,12-14H,10-11H2,1-4H3,(H2,21,22,23). The van der Waals surface area contributed by atoms with E-state index in [1.54, 1.807) is 0 Å². The highest BCUT2D eigenvalue weighted by molar-refractivity contribution is 5.90. The number of hydrogen-bond acceptors (Lipinski definition) is 2. The third kappa shape index (κ3) is 5.30. The third-order valence-corrected chi connectivity index (χ3v) is 3.81. The highest BCUT2D eigenvalue weighted by Gasteiger charge is 2.05. The van der Waals surface area contributed by atoms with E-state index >= 15 is 0 Å². The molecule has 2 amide bonds. The summed E-state index contributed by atoms with van der Waals surface area (Å²) in [6.45, 7) is 9.19. The molecule has 0 atom stereocenters. The largest absolute Gasteiger partial charge is 0.492 e. The van der Waals surface area contributed by atoms with Crippen LogP contribution in [0.25, 0.3) is 0 Å². The van der Waals surface area contributed by atoms with Crippen LogP contribution in [0.2, 0.25) is 0 Å². The van der Waals surface area contributed by atoms with Gasteiger partial charge in [0.05, 0.1) is 6.54 Å². The molecule has 2 aromatic carbocycles. The Morgan fingerprint density at radius 1 is 1.12 bits per heavy atom. The van der Waals surface area contributed by atoms with Crippen LogP contribution >= 0.6 is 0 Å². The van der Waals surface area contributed by atoms with Gasteiger partial charge in [-0.15, -0.1) is 0 Å². The van der Waals surface area contributed by atoms with Crippen molar-refractivity contribution in [1.82, 2.24) is 5.32 Å². The van der Waals surface area contributed by atoms with Gasteiger partial charge in [-0.05, 0) is 49.1 Å². The molecule has 0 spiro atoms. The van der Waals surface area contributed by atoms with Crippen molar-refractivity contribution in [3.05, 3.63) is 59.2 Å². The van der Waals surface area contributed by atoms with Crippen LogP contribution in [-0.2, 0) is 0 Å². The van der Waals surface area contributed by atoms with E-state index in [4.69, 9.17) is 4.74 Å². The predicted octanol–water partition coefficient (Wildman–Crippen LogP) is 4.63. The van der Waals surface area contributed by atoms with Crippen LogP contribution < -0.4 is 15.4 Å². The number of amides is 2. The zero-order valence-corrected chi connectivity index (χ0v) is 14.8. The normalized spacial score (nSPS) is 10.5. The summed E-state index contributed by atoms with van der Waals surface area (Å²) in [4.78, 5) is 11.9. The molecule has 0 heterocycles. The fourth-order valence-electron chi connectivity index (χ4n) is 2.42. The van der Waals surface area contributed by atoms with Crippen LogP contribution in [-0.4, -0.2) is 19.2 Å². The van der Waals surface area contributed by atoms with Gasteiger partial charge in [0.25, 0.3) is 0 Å². The minimum atomic E-state index is -0.221. The average molecular weight is 326 g/mol. The molecule has 0 saturated carbocycles. The number of aryl methyl sites for hydroxylation is 2. The molecule has 4 nitrogen and oxygen atoms in total. The molecular weight excluding hydrogens is 300 g/mol. The molecule has 0 unspecified atom stereocenters. The number of benzene rings is 2. The lowest BCUT2D eigenvalue weighted by molar-refractivity contribution is 0.247. The molecule has 0 saturated heterocycles.